The van der Waals surface area contributed by atoms with Gasteiger partial charge in [-0.15, -0.1) is 0 Å². The Morgan fingerprint density at radius 2 is 1.03 bits per heavy atom. The minimum atomic E-state index is -1.10. The van der Waals surface area contributed by atoms with Gasteiger partial charge in [-0.1, -0.05) is 68.1 Å². The molecule has 6 aromatic heterocycles. The number of aliphatic hydroxyl groups is 2. The third kappa shape index (κ3) is 18.4. The molecule has 2 atom stereocenters. The van der Waals surface area contributed by atoms with Gasteiger partial charge in [-0.05, 0) is 131 Å². The molecule has 0 unspecified atom stereocenters. The fourth-order valence-corrected chi connectivity index (χ4v) is 13.1. The Hall–Kier alpha value is -10.9. The average molecular weight is 1450 g/mol. The number of aromatic amines is 2. The molecule has 556 valence electrons. The van der Waals surface area contributed by atoms with E-state index in [0.717, 1.165) is 81.2 Å². The second-order valence-corrected chi connectivity index (χ2v) is 26.7. The first-order valence-corrected chi connectivity index (χ1v) is 35.1. The van der Waals surface area contributed by atoms with Crippen LogP contribution in [0.3, 0.4) is 0 Å². The average Bonchev–Trinajstić information content (AvgIpc) is 1.63. The molecule has 8 N–H and O–H groups in total. The summed E-state index contributed by atoms with van der Waals surface area (Å²) in [6.45, 7) is 13.5. The lowest BCUT2D eigenvalue weighted by Gasteiger charge is -2.30. The molecule has 4 aromatic carbocycles. The number of carbonyl (C=O) groups excluding carboxylic acids is 3. The predicted octanol–water partition coefficient (Wildman–Crippen LogP) is 8.48. The lowest BCUT2D eigenvalue weighted by atomic mass is 9.98. The summed E-state index contributed by atoms with van der Waals surface area (Å²) >= 11 is 0. The third-order valence-corrected chi connectivity index (χ3v) is 18.7. The first kappa shape index (κ1) is 76.2. The van der Waals surface area contributed by atoms with Crippen LogP contribution in [0.5, 0.6) is 11.8 Å². The Labute approximate surface area is 614 Å². The molecule has 0 spiro atoms. The molecular formula is C77H92N18O11. The number of fused-ring (bicyclic) bond motifs is 2. The van der Waals surface area contributed by atoms with Crippen LogP contribution >= 0.6 is 0 Å². The Bertz CT molecular complexity index is 4700. The topological polar surface area (TPSA) is 356 Å². The van der Waals surface area contributed by atoms with Gasteiger partial charge in [0, 0.05) is 129 Å². The van der Waals surface area contributed by atoms with Crippen molar-refractivity contribution in [2.24, 2.45) is 0 Å². The molecular weight excluding hydrogens is 1350 g/mol. The number of nitrogens with one attached hydrogen (secondary N) is 5. The van der Waals surface area contributed by atoms with Crippen LogP contribution in [0.25, 0.3) is 78.2 Å². The van der Waals surface area contributed by atoms with Gasteiger partial charge < -0.3 is 55.1 Å². The first-order chi connectivity index (χ1) is 50.9. The molecule has 10 heterocycles. The summed E-state index contributed by atoms with van der Waals surface area (Å²) in [5.41, 5.74) is 10.6. The summed E-state index contributed by atoms with van der Waals surface area (Å²) in [6.07, 6.45) is 13.8. The van der Waals surface area contributed by atoms with E-state index in [1.165, 1.54) is 23.8 Å². The van der Waals surface area contributed by atoms with E-state index >= 15 is 0 Å². The second-order valence-electron chi connectivity index (χ2n) is 26.7. The Morgan fingerprint density at radius 3 is 1.43 bits per heavy atom. The first-order valence-electron chi connectivity index (χ1n) is 35.1. The van der Waals surface area contributed by atoms with Crippen LogP contribution in [0.15, 0.2) is 146 Å². The molecule has 14 rings (SSSR count). The number of methoxy groups -OCH3 is 2. The van der Waals surface area contributed by atoms with Gasteiger partial charge in [0.1, 0.15) is 24.0 Å². The van der Waals surface area contributed by atoms with E-state index in [9.17, 15) is 19.2 Å². The molecule has 3 amide bonds. The van der Waals surface area contributed by atoms with E-state index in [1.807, 2.05) is 98.2 Å². The van der Waals surface area contributed by atoms with Gasteiger partial charge in [0.25, 0.3) is 11.8 Å². The number of likely N-dealkylation sites (tertiary alicyclic amines) is 2. The standard InChI is InChI=1S/C38H43N9O5.C23H27N5O5.C15H18N4O.CH4/c1-25(2)52-33-11-8-29(21-39-33)35-31-20-30(9-10-32(31)42-43-35)41-37(50)38(51-3)14-17-45(23-38)22-34(49)46-15-12-27(13-16-46)26-4-6-28(7-5-26)36-40-24-47(44-36)18-19-48;1-14(2)33-19-7-4-15(11-24-19)21-17-10-16(5-6-18(17)26-27-21)25-22(31)23(32-3)8-9-28(13-23)12-20(29)30;20-10-9-19-11-17-15(18-19)14-3-1-12(2-4-14)13-5-7-16-8-6-13;/h4-12,20-21,24-25,48H,13-19,22-23H2,1-3H3,(H,41,50)(H,42,43);4-7,10-11,14H,8-9,12-13H2,1-3H3,(H,25,31)(H,26,27)(H,29,30);1-5,11,16,20H,6-10H2;1H4/t38-;23-;;/m00../s1. The van der Waals surface area contributed by atoms with Crippen LogP contribution in [0.4, 0.5) is 11.4 Å². The van der Waals surface area contributed by atoms with E-state index < -0.39 is 17.2 Å². The van der Waals surface area contributed by atoms with Crippen molar-refractivity contribution in [3.8, 4) is 57.1 Å². The maximum Gasteiger partial charge on any atom is 0.317 e. The monoisotopic (exact) mass is 1440 g/mol. The fraction of sp³-hybridized carbons (Fsp3) is 0.377. The van der Waals surface area contributed by atoms with E-state index in [2.05, 4.69) is 115 Å². The van der Waals surface area contributed by atoms with Gasteiger partial charge in [0.05, 0.1) is 62.6 Å². The van der Waals surface area contributed by atoms with Crippen molar-refractivity contribution in [2.75, 3.05) is 104 Å². The van der Waals surface area contributed by atoms with Crippen molar-refractivity contribution in [1.29, 1.82) is 0 Å². The van der Waals surface area contributed by atoms with Crippen LogP contribution in [0.1, 0.15) is 71.9 Å². The number of H-pyrrole nitrogens is 2. The van der Waals surface area contributed by atoms with Gasteiger partial charge in [-0.3, -0.25) is 48.5 Å². The highest BCUT2D eigenvalue weighted by molar-refractivity contribution is 6.03. The van der Waals surface area contributed by atoms with E-state index in [4.69, 9.17) is 34.3 Å². The van der Waals surface area contributed by atoms with E-state index in [0.29, 0.717) is 99.1 Å². The number of pyridine rings is 2. The van der Waals surface area contributed by atoms with Crippen LogP contribution in [0, 0.1) is 0 Å². The molecule has 4 aliphatic heterocycles. The molecule has 29 nitrogen and oxygen atoms in total. The largest absolute Gasteiger partial charge is 0.480 e. The number of hydrogen-bond donors (Lipinski definition) is 8. The molecule has 4 aliphatic rings. The highest BCUT2D eigenvalue weighted by atomic mass is 16.5. The Kier molecular flexibility index (Phi) is 25.0. The predicted molar refractivity (Wildman–Crippen MR) is 403 cm³/mol. The summed E-state index contributed by atoms with van der Waals surface area (Å²) in [5.74, 6) is 0.936. The summed E-state index contributed by atoms with van der Waals surface area (Å²) in [4.78, 5) is 74.1. The summed E-state index contributed by atoms with van der Waals surface area (Å²) in [6, 6.07) is 34.9. The molecule has 0 aliphatic carbocycles. The lowest BCUT2D eigenvalue weighted by Crippen LogP contribution is -2.48. The van der Waals surface area contributed by atoms with Gasteiger partial charge in [0.2, 0.25) is 17.7 Å². The number of carbonyl (C=O) groups is 4. The summed E-state index contributed by atoms with van der Waals surface area (Å²) in [7, 11) is 3.02. The number of anilines is 2. The van der Waals surface area contributed by atoms with Gasteiger partial charge in [0.15, 0.2) is 22.9 Å². The molecule has 0 saturated carbocycles. The number of rotatable bonds is 24. The lowest BCUT2D eigenvalue weighted by molar-refractivity contribution is -0.140. The zero-order chi connectivity index (χ0) is 73.6. The molecule has 106 heavy (non-hydrogen) atoms. The number of aliphatic hydroxyl groups excluding tert-OH is 2. The molecule has 2 fully saturated rings. The van der Waals surface area contributed by atoms with Crippen LogP contribution in [-0.4, -0.2) is 230 Å². The van der Waals surface area contributed by atoms with Crippen molar-refractivity contribution >= 4 is 68.0 Å². The zero-order valence-electron chi connectivity index (χ0n) is 59.7. The maximum absolute atomic E-state index is 13.7. The fourth-order valence-electron chi connectivity index (χ4n) is 13.1. The van der Waals surface area contributed by atoms with E-state index in [1.54, 1.807) is 58.6 Å². The van der Waals surface area contributed by atoms with E-state index in [-0.39, 0.29) is 70.2 Å². The van der Waals surface area contributed by atoms with Crippen LogP contribution in [-0.2, 0) is 41.7 Å². The molecule has 0 radical (unpaired) electrons. The number of carboxylic acids is 1. The number of aliphatic carboxylic acids is 1. The molecule has 0 bridgehead atoms. The number of benzene rings is 4. The SMILES string of the molecule is C.CO[C@@]1(C(=O)Nc2ccc3[nH]nc(-c4ccc(OC(C)C)nc4)c3c2)CCN(CC(=O)N2CC=C(c3ccc(-c4ncn(CCO)n4)cc3)CC2)C1.CO[C@@]1(C(=O)Nc2ccc3[nH]nc(-c4ccc(OC(C)C)nc4)c3c2)CCN(CC(=O)O)C1.OCCn1cnc(-c2ccc(C3=CCNCC3)cc2)n1. The highest BCUT2D eigenvalue weighted by Gasteiger charge is 2.47. The number of aromatic nitrogens is 12. The number of nitrogens with zero attached hydrogens (tertiary/aromatic N) is 13. The highest BCUT2D eigenvalue weighted by Crippen LogP contribution is 2.35. The third-order valence-electron chi connectivity index (χ3n) is 18.7. The zero-order valence-corrected chi connectivity index (χ0v) is 59.7. The number of amides is 3. The Balaban J connectivity index is 0.000000176. The van der Waals surface area contributed by atoms with Gasteiger partial charge in [-0.25, -0.2) is 19.9 Å². The molecule has 29 heteroatoms. The van der Waals surface area contributed by atoms with Crippen molar-refractivity contribution in [2.45, 2.75) is 97.3 Å². The smallest absolute Gasteiger partial charge is 0.317 e. The van der Waals surface area contributed by atoms with Gasteiger partial charge >= 0.3 is 5.97 Å². The number of hydrogen-bond acceptors (Lipinski definition) is 21. The molecule has 10 aromatic rings. The summed E-state index contributed by atoms with van der Waals surface area (Å²) in [5, 5.41) is 61.7. The van der Waals surface area contributed by atoms with Gasteiger partial charge in [-0.2, -0.15) is 20.4 Å². The number of carboxylic acid groups (broad SMARTS) is 1. The van der Waals surface area contributed by atoms with Crippen molar-refractivity contribution in [3.05, 3.63) is 158 Å². The second kappa shape index (κ2) is 34.8. The summed E-state index contributed by atoms with van der Waals surface area (Å²) < 4.78 is 26.0. The maximum atomic E-state index is 13.7. The molecule has 2 saturated heterocycles. The minimum Gasteiger partial charge on any atom is -0.480 e. The Morgan fingerprint density at radius 1 is 0.566 bits per heavy atom. The minimum absolute atomic E-state index is 0. The number of ether oxygens (including phenoxy) is 4. The van der Waals surface area contributed by atoms with Crippen LogP contribution < -0.4 is 25.4 Å². The normalized spacial score (nSPS) is 17.4. The van der Waals surface area contributed by atoms with Crippen molar-refractivity contribution < 1.29 is 53.4 Å². The van der Waals surface area contributed by atoms with Crippen molar-refractivity contribution in [3.63, 3.8) is 0 Å². The quantitative estimate of drug-likeness (QED) is 0.0281. The van der Waals surface area contributed by atoms with Crippen LogP contribution in [0.2, 0.25) is 0 Å². The van der Waals surface area contributed by atoms with Crippen molar-refractivity contribution in [1.82, 2.24) is 79.9 Å².